The van der Waals surface area contributed by atoms with Crippen LogP contribution in [0.2, 0.25) is 0 Å². The maximum Gasteiger partial charge on any atom is 0.287 e. The van der Waals surface area contributed by atoms with Crippen molar-refractivity contribution in [3.63, 3.8) is 0 Å². The van der Waals surface area contributed by atoms with E-state index in [1.54, 1.807) is 13.1 Å². The molecule has 0 aliphatic carbocycles. The molecule has 2 heterocycles. The number of nitrogens with zero attached hydrogens (tertiary/aromatic N) is 4. The highest BCUT2D eigenvalue weighted by Gasteiger charge is 2.24. The molecular weight excluding hydrogens is 274 g/mol. The Morgan fingerprint density at radius 3 is 2.52 bits per heavy atom. The van der Waals surface area contributed by atoms with Crippen molar-refractivity contribution in [2.45, 2.75) is 13.0 Å². The molecule has 21 heavy (non-hydrogen) atoms. The van der Waals surface area contributed by atoms with E-state index in [0.717, 1.165) is 0 Å². The van der Waals surface area contributed by atoms with Gasteiger partial charge >= 0.3 is 0 Å². The summed E-state index contributed by atoms with van der Waals surface area (Å²) in [5, 5.41) is 13.5. The number of likely N-dealkylation sites (N-methyl/N-ethyl adjacent to an activating group) is 1. The second-order valence-corrected chi connectivity index (χ2v) is 4.95. The molecule has 0 bridgehead atoms. The minimum absolute atomic E-state index is 0.0181. The molecule has 1 fully saturated rings. The number of anilines is 1. The van der Waals surface area contributed by atoms with Gasteiger partial charge in [0.2, 0.25) is 5.91 Å². The Balaban J connectivity index is 1.94. The Labute approximate surface area is 122 Å². The van der Waals surface area contributed by atoms with Crippen LogP contribution in [0, 0.1) is 10.1 Å². The Hall–Kier alpha value is -2.22. The summed E-state index contributed by atoms with van der Waals surface area (Å²) in [4.78, 5) is 30.1. The second-order valence-electron chi connectivity index (χ2n) is 4.95. The van der Waals surface area contributed by atoms with Gasteiger partial charge in [-0.15, -0.1) is 0 Å². The number of hydrogen-bond donors (Lipinski definition) is 1. The Bertz CT molecular complexity index is 511. The fraction of sp³-hybridized carbons (Fsp3) is 0.538. The summed E-state index contributed by atoms with van der Waals surface area (Å²) < 4.78 is 0. The van der Waals surface area contributed by atoms with Gasteiger partial charge in [-0.1, -0.05) is 0 Å². The lowest BCUT2D eigenvalue weighted by Gasteiger charge is -2.36. The summed E-state index contributed by atoms with van der Waals surface area (Å²) in [5.41, 5.74) is -0.0181. The topological polar surface area (TPSA) is 91.6 Å². The third kappa shape index (κ3) is 3.46. The van der Waals surface area contributed by atoms with Gasteiger partial charge in [0, 0.05) is 32.2 Å². The number of aromatic nitrogens is 1. The minimum atomic E-state index is -0.466. The predicted molar refractivity (Wildman–Crippen MR) is 78.2 cm³/mol. The first kappa shape index (κ1) is 15.2. The number of hydrogen-bond acceptors (Lipinski definition) is 6. The average Bonchev–Trinajstić information content (AvgIpc) is 2.53. The van der Waals surface area contributed by atoms with Crippen LogP contribution in [0.4, 0.5) is 11.5 Å². The van der Waals surface area contributed by atoms with Crippen molar-refractivity contribution < 1.29 is 9.72 Å². The van der Waals surface area contributed by atoms with Gasteiger partial charge in [-0.3, -0.25) is 14.9 Å². The molecule has 0 radical (unpaired) electrons. The van der Waals surface area contributed by atoms with E-state index in [0.29, 0.717) is 32.0 Å². The highest BCUT2D eigenvalue weighted by molar-refractivity contribution is 5.81. The van der Waals surface area contributed by atoms with Gasteiger partial charge in [-0.05, 0) is 20.0 Å². The summed E-state index contributed by atoms with van der Waals surface area (Å²) in [6, 6.07) is 2.91. The van der Waals surface area contributed by atoms with Crippen molar-refractivity contribution in [2.24, 2.45) is 0 Å². The van der Waals surface area contributed by atoms with E-state index < -0.39 is 4.92 Å². The predicted octanol–water partition coefficient (Wildman–Crippen LogP) is 0.246. The summed E-state index contributed by atoms with van der Waals surface area (Å²) in [6.45, 7) is 4.44. The SMILES string of the molecule is CNC(C)C(=O)N1CCN(c2ccc([N+](=O)[O-])cn2)CC1. The summed E-state index contributed by atoms with van der Waals surface area (Å²) in [7, 11) is 1.76. The number of carbonyl (C=O) groups excluding carboxylic acids is 1. The number of carbonyl (C=O) groups is 1. The molecule has 1 amide bonds. The molecule has 1 N–H and O–H groups in total. The highest BCUT2D eigenvalue weighted by Crippen LogP contribution is 2.17. The molecule has 1 saturated heterocycles. The fourth-order valence-corrected chi connectivity index (χ4v) is 2.23. The molecule has 1 atom stereocenters. The van der Waals surface area contributed by atoms with E-state index in [4.69, 9.17) is 0 Å². The highest BCUT2D eigenvalue weighted by atomic mass is 16.6. The van der Waals surface area contributed by atoms with Crippen molar-refractivity contribution in [3.8, 4) is 0 Å². The Morgan fingerprint density at radius 1 is 1.38 bits per heavy atom. The van der Waals surface area contributed by atoms with E-state index in [9.17, 15) is 14.9 Å². The zero-order valence-electron chi connectivity index (χ0n) is 12.2. The maximum atomic E-state index is 12.0. The quantitative estimate of drug-likeness (QED) is 0.632. The van der Waals surface area contributed by atoms with E-state index in [1.165, 1.54) is 12.3 Å². The van der Waals surface area contributed by atoms with Crippen LogP contribution in [0.3, 0.4) is 0 Å². The third-order valence-electron chi connectivity index (χ3n) is 3.66. The van der Waals surface area contributed by atoms with Crippen LogP contribution in [0.1, 0.15) is 6.92 Å². The van der Waals surface area contributed by atoms with Gasteiger partial charge in [0.1, 0.15) is 12.0 Å². The van der Waals surface area contributed by atoms with Gasteiger partial charge in [0.05, 0.1) is 11.0 Å². The Kier molecular flexibility index (Phi) is 4.69. The van der Waals surface area contributed by atoms with Crippen molar-refractivity contribution in [1.29, 1.82) is 0 Å². The number of amides is 1. The zero-order chi connectivity index (χ0) is 15.4. The fourth-order valence-electron chi connectivity index (χ4n) is 2.23. The number of rotatable bonds is 4. The smallest absolute Gasteiger partial charge is 0.287 e. The lowest BCUT2D eigenvalue weighted by molar-refractivity contribution is -0.385. The molecule has 0 aromatic carbocycles. The zero-order valence-corrected chi connectivity index (χ0v) is 12.2. The molecule has 1 aromatic rings. The van der Waals surface area contributed by atoms with E-state index in [1.807, 2.05) is 16.7 Å². The normalized spacial score (nSPS) is 16.7. The van der Waals surface area contributed by atoms with Gasteiger partial charge in [-0.25, -0.2) is 4.98 Å². The molecule has 1 aliphatic rings. The largest absolute Gasteiger partial charge is 0.353 e. The summed E-state index contributed by atoms with van der Waals surface area (Å²) >= 11 is 0. The van der Waals surface area contributed by atoms with Gasteiger partial charge in [-0.2, -0.15) is 0 Å². The summed E-state index contributed by atoms with van der Waals surface area (Å²) in [5.74, 6) is 0.795. The third-order valence-corrected chi connectivity index (χ3v) is 3.66. The van der Waals surface area contributed by atoms with Crippen LogP contribution in [0.5, 0.6) is 0 Å². The van der Waals surface area contributed by atoms with E-state index >= 15 is 0 Å². The standard InChI is InChI=1S/C13H19N5O3/c1-10(14-2)13(19)17-7-5-16(6-8-17)12-4-3-11(9-15-12)18(20)21/h3-4,9-10,14H,5-8H2,1-2H3. The molecule has 8 heteroatoms. The summed E-state index contributed by atoms with van der Waals surface area (Å²) in [6.07, 6.45) is 1.26. The van der Waals surface area contributed by atoms with Crippen LogP contribution < -0.4 is 10.2 Å². The lowest BCUT2D eigenvalue weighted by Crippen LogP contribution is -2.53. The van der Waals surface area contributed by atoms with Crippen molar-refractivity contribution >= 4 is 17.4 Å². The van der Waals surface area contributed by atoms with Gasteiger partial charge in [0.25, 0.3) is 5.69 Å². The molecular formula is C13H19N5O3. The molecule has 1 aliphatic heterocycles. The van der Waals surface area contributed by atoms with Crippen molar-refractivity contribution in [3.05, 3.63) is 28.4 Å². The minimum Gasteiger partial charge on any atom is -0.353 e. The van der Waals surface area contributed by atoms with Crippen molar-refractivity contribution in [2.75, 3.05) is 38.1 Å². The first-order valence-corrected chi connectivity index (χ1v) is 6.84. The molecule has 8 nitrogen and oxygen atoms in total. The van der Waals surface area contributed by atoms with E-state index in [-0.39, 0.29) is 17.6 Å². The molecule has 1 unspecified atom stereocenters. The molecule has 1 aromatic heterocycles. The molecule has 2 rings (SSSR count). The molecule has 0 saturated carbocycles. The number of piperazine rings is 1. The average molecular weight is 293 g/mol. The van der Waals surface area contributed by atoms with Gasteiger partial charge in [0.15, 0.2) is 0 Å². The van der Waals surface area contributed by atoms with E-state index in [2.05, 4.69) is 10.3 Å². The van der Waals surface area contributed by atoms with Crippen LogP contribution in [0.25, 0.3) is 0 Å². The number of nitrogens with one attached hydrogen (secondary N) is 1. The lowest BCUT2D eigenvalue weighted by atomic mass is 10.2. The molecule has 0 spiro atoms. The number of pyridine rings is 1. The second kappa shape index (κ2) is 6.49. The maximum absolute atomic E-state index is 12.0. The van der Waals surface area contributed by atoms with Crippen LogP contribution >= 0.6 is 0 Å². The first-order valence-electron chi connectivity index (χ1n) is 6.84. The molecule has 114 valence electrons. The van der Waals surface area contributed by atoms with Crippen molar-refractivity contribution in [1.82, 2.24) is 15.2 Å². The van der Waals surface area contributed by atoms with Crippen LogP contribution in [0.15, 0.2) is 18.3 Å². The number of nitro groups is 1. The monoisotopic (exact) mass is 293 g/mol. The van der Waals surface area contributed by atoms with Crippen LogP contribution in [-0.2, 0) is 4.79 Å². The van der Waals surface area contributed by atoms with Gasteiger partial charge < -0.3 is 15.1 Å². The first-order chi connectivity index (χ1) is 10.0. The van der Waals surface area contributed by atoms with Crippen LogP contribution in [-0.4, -0.2) is 60.0 Å². The Morgan fingerprint density at radius 2 is 2.05 bits per heavy atom.